The molecule has 0 atom stereocenters. The van der Waals surface area contributed by atoms with Crippen molar-refractivity contribution in [1.82, 2.24) is 9.88 Å². The van der Waals surface area contributed by atoms with Crippen molar-refractivity contribution in [2.75, 3.05) is 45.3 Å². The molecule has 1 aliphatic heterocycles. The number of benzene rings is 2. The number of rotatable bonds is 9. The number of ether oxygens (including phenoxy) is 3. The molecular weight excluding hydrogens is 499 g/mol. The Morgan fingerprint density at radius 1 is 1.06 bits per heavy atom. The van der Waals surface area contributed by atoms with E-state index in [-0.39, 0.29) is 0 Å². The number of halogens is 2. The second-order valence-electron chi connectivity index (χ2n) is 8.69. The van der Waals surface area contributed by atoms with Crippen LogP contribution in [0.5, 0.6) is 17.2 Å². The molecule has 0 radical (unpaired) electrons. The molecule has 1 aliphatic rings. The number of aromatic nitrogens is 1. The molecule has 0 aliphatic carbocycles. The molecule has 0 amide bonds. The first-order chi connectivity index (χ1) is 17.5. The van der Waals surface area contributed by atoms with Gasteiger partial charge in [-0.25, -0.2) is 0 Å². The number of pyridine rings is 1. The summed E-state index contributed by atoms with van der Waals surface area (Å²) >= 11 is 12.7. The van der Waals surface area contributed by atoms with Crippen LogP contribution < -0.4 is 19.5 Å². The molecule has 0 bridgehead atoms. The molecule has 190 valence electrons. The predicted octanol–water partition coefficient (Wildman–Crippen LogP) is 6.67. The Bertz CT molecular complexity index is 1270. The van der Waals surface area contributed by atoms with E-state index < -0.39 is 0 Å². The highest BCUT2D eigenvalue weighted by Crippen LogP contribution is 2.40. The van der Waals surface area contributed by atoms with E-state index in [0.717, 1.165) is 32.5 Å². The number of likely N-dealkylation sites (tertiary alicyclic amines) is 1. The lowest BCUT2D eigenvalue weighted by Gasteiger charge is -2.30. The van der Waals surface area contributed by atoms with E-state index in [9.17, 15) is 5.26 Å². The Kier molecular flexibility index (Phi) is 8.63. The van der Waals surface area contributed by atoms with Crippen LogP contribution in [0.1, 0.15) is 32.3 Å². The molecule has 9 heteroatoms. The van der Waals surface area contributed by atoms with Crippen molar-refractivity contribution in [2.24, 2.45) is 5.92 Å². The number of methoxy groups -OCH3 is 1. The number of nitrogens with one attached hydrogen (secondary N) is 1. The highest BCUT2D eigenvalue weighted by molar-refractivity contribution is 6.37. The Hall–Kier alpha value is -2.92. The molecule has 36 heavy (non-hydrogen) atoms. The van der Waals surface area contributed by atoms with Gasteiger partial charge in [0.25, 0.3) is 0 Å². The number of nitriles is 1. The van der Waals surface area contributed by atoms with Crippen LogP contribution in [0.3, 0.4) is 0 Å². The number of hydrogen-bond acceptors (Lipinski definition) is 7. The van der Waals surface area contributed by atoms with E-state index in [1.807, 2.05) is 19.1 Å². The summed E-state index contributed by atoms with van der Waals surface area (Å²) in [5, 5.41) is 14.6. The molecule has 1 N–H and O–H groups in total. The largest absolute Gasteiger partial charge is 0.493 e. The molecule has 2 aromatic carbocycles. The third kappa shape index (κ3) is 5.73. The van der Waals surface area contributed by atoms with Crippen LogP contribution in [0, 0.1) is 17.2 Å². The van der Waals surface area contributed by atoms with Crippen LogP contribution in [0.2, 0.25) is 10.0 Å². The Labute approximate surface area is 221 Å². The quantitative estimate of drug-likeness (QED) is 0.331. The normalized spacial score (nSPS) is 14.4. The molecule has 0 spiro atoms. The minimum absolute atomic E-state index is 0.366. The van der Waals surface area contributed by atoms with Gasteiger partial charge in [-0.3, -0.25) is 4.98 Å². The van der Waals surface area contributed by atoms with E-state index in [4.69, 9.17) is 37.4 Å². The van der Waals surface area contributed by atoms with Gasteiger partial charge in [0.1, 0.15) is 11.8 Å². The van der Waals surface area contributed by atoms with Gasteiger partial charge in [0.05, 0.1) is 52.8 Å². The third-order valence-corrected chi connectivity index (χ3v) is 7.09. The molecule has 0 saturated carbocycles. The van der Waals surface area contributed by atoms with Crippen molar-refractivity contribution in [3.05, 3.63) is 46.1 Å². The zero-order valence-electron chi connectivity index (χ0n) is 20.7. The average Bonchev–Trinajstić information content (AvgIpc) is 2.90. The number of hydrogen-bond donors (Lipinski definition) is 1. The molecule has 1 fully saturated rings. The lowest BCUT2D eigenvalue weighted by atomic mass is 9.98. The number of fused-ring (bicyclic) bond motifs is 1. The summed E-state index contributed by atoms with van der Waals surface area (Å²) in [7, 11) is 1.60. The standard InChI is InChI=1S/C27H30Cl2N4O3/c1-4-33-8-6-17(7-9-33)16-36-26-12-22-19(10-25(26)34-3)27(18(14-30)15-31-22)32-23-13-24(35-5-2)21(29)11-20(23)28/h10-13,15,17H,4-9,16H2,1-3H3,(H,31,32). The Balaban J connectivity index is 1.65. The SMILES string of the molecule is CCOc1cc(Nc2c(C#N)cnc3cc(OCC4CCN(CC)CC4)c(OC)cc23)c(Cl)cc1Cl. The number of nitrogens with zero attached hydrogens (tertiary/aromatic N) is 3. The molecule has 1 saturated heterocycles. The molecule has 3 aromatic rings. The van der Waals surface area contributed by atoms with Gasteiger partial charge in [-0.1, -0.05) is 30.1 Å². The summed E-state index contributed by atoms with van der Waals surface area (Å²) in [6.45, 7) is 8.45. The maximum absolute atomic E-state index is 9.79. The second-order valence-corrected chi connectivity index (χ2v) is 9.50. The fraction of sp³-hybridized carbons (Fsp3) is 0.407. The summed E-state index contributed by atoms with van der Waals surface area (Å²) in [5.74, 6) is 2.21. The molecule has 2 heterocycles. The van der Waals surface area contributed by atoms with E-state index in [0.29, 0.717) is 74.3 Å². The fourth-order valence-corrected chi connectivity index (χ4v) is 4.88. The summed E-state index contributed by atoms with van der Waals surface area (Å²) in [6, 6.07) is 9.24. The predicted molar refractivity (Wildman–Crippen MR) is 144 cm³/mol. The summed E-state index contributed by atoms with van der Waals surface area (Å²) in [6.07, 6.45) is 3.77. The van der Waals surface area contributed by atoms with Crippen LogP contribution in [0.15, 0.2) is 30.5 Å². The third-order valence-electron chi connectivity index (χ3n) is 6.48. The highest BCUT2D eigenvalue weighted by atomic mass is 35.5. The van der Waals surface area contributed by atoms with Crippen LogP contribution in [0.25, 0.3) is 10.9 Å². The average molecular weight is 529 g/mol. The zero-order valence-corrected chi connectivity index (χ0v) is 22.2. The lowest BCUT2D eigenvalue weighted by molar-refractivity contribution is 0.144. The lowest BCUT2D eigenvalue weighted by Crippen LogP contribution is -2.35. The summed E-state index contributed by atoms with van der Waals surface area (Å²) in [5.41, 5.74) is 2.16. The second kappa shape index (κ2) is 11.9. The van der Waals surface area contributed by atoms with E-state index in [1.165, 1.54) is 6.20 Å². The summed E-state index contributed by atoms with van der Waals surface area (Å²) < 4.78 is 17.5. The Morgan fingerprint density at radius 2 is 1.83 bits per heavy atom. The first kappa shape index (κ1) is 26.2. The van der Waals surface area contributed by atoms with Crippen LogP contribution >= 0.6 is 23.2 Å². The van der Waals surface area contributed by atoms with Crippen molar-refractivity contribution in [3.63, 3.8) is 0 Å². The van der Waals surface area contributed by atoms with Gasteiger partial charge in [-0.05, 0) is 57.5 Å². The van der Waals surface area contributed by atoms with Gasteiger partial charge < -0.3 is 24.4 Å². The molecule has 4 rings (SSSR count). The zero-order chi connectivity index (χ0) is 25.7. The van der Waals surface area contributed by atoms with Crippen molar-refractivity contribution < 1.29 is 14.2 Å². The van der Waals surface area contributed by atoms with Gasteiger partial charge in [-0.2, -0.15) is 5.26 Å². The fourth-order valence-electron chi connectivity index (χ4n) is 4.39. The smallest absolute Gasteiger partial charge is 0.163 e. The molecular formula is C27H30Cl2N4O3. The van der Waals surface area contributed by atoms with Crippen LogP contribution in [-0.4, -0.2) is 49.8 Å². The monoisotopic (exact) mass is 528 g/mol. The van der Waals surface area contributed by atoms with Crippen molar-refractivity contribution in [1.29, 1.82) is 5.26 Å². The number of anilines is 2. The van der Waals surface area contributed by atoms with Crippen molar-refractivity contribution >= 4 is 45.5 Å². The van der Waals surface area contributed by atoms with E-state index in [1.54, 1.807) is 19.2 Å². The minimum Gasteiger partial charge on any atom is -0.493 e. The van der Waals surface area contributed by atoms with Gasteiger partial charge in [-0.15, -0.1) is 0 Å². The van der Waals surface area contributed by atoms with Gasteiger partial charge in [0, 0.05) is 23.7 Å². The van der Waals surface area contributed by atoms with Crippen LogP contribution in [-0.2, 0) is 0 Å². The maximum Gasteiger partial charge on any atom is 0.163 e. The molecule has 0 unspecified atom stereocenters. The Morgan fingerprint density at radius 3 is 2.50 bits per heavy atom. The van der Waals surface area contributed by atoms with Gasteiger partial charge in [0.15, 0.2) is 11.5 Å². The molecule has 7 nitrogen and oxygen atoms in total. The van der Waals surface area contributed by atoms with Crippen molar-refractivity contribution in [2.45, 2.75) is 26.7 Å². The van der Waals surface area contributed by atoms with Gasteiger partial charge >= 0.3 is 0 Å². The summed E-state index contributed by atoms with van der Waals surface area (Å²) in [4.78, 5) is 6.97. The first-order valence-electron chi connectivity index (χ1n) is 12.1. The first-order valence-corrected chi connectivity index (χ1v) is 12.9. The van der Waals surface area contributed by atoms with E-state index >= 15 is 0 Å². The van der Waals surface area contributed by atoms with Gasteiger partial charge in [0.2, 0.25) is 0 Å². The van der Waals surface area contributed by atoms with Crippen molar-refractivity contribution in [3.8, 4) is 23.3 Å². The van der Waals surface area contributed by atoms with E-state index in [2.05, 4.69) is 28.2 Å². The number of piperidine rings is 1. The minimum atomic E-state index is 0.366. The molecule has 1 aromatic heterocycles. The van der Waals surface area contributed by atoms with Crippen LogP contribution in [0.4, 0.5) is 11.4 Å². The highest BCUT2D eigenvalue weighted by Gasteiger charge is 2.21. The topological polar surface area (TPSA) is 79.6 Å². The maximum atomic E-state index is 9.79.